The molecule has 2 aromatic rings. The molecule has 3 rings (SSSR count). The summed E-state index contributed by atoms with van der Waals surface area (Å²) in [5.74, 6) is -0.717. The van der Waals surface area contributed by atoms with E-state index in [9.17, 15) is 17.6 Å². The summed E-state index contributed by atoms with van der Waals surface area (Å²) in [4.78, 5) is 13.5. The fraction of sp³-hybridized carbons (Fsp3) is 0.350. The van der Waals surface area contributed by atoms with Crippen LogP contribution >= 0.6 is 0 Å². The molecule has 2 atom stereocenters. The van der Waals surface area contributed by atoms with Crippen molar-refractivity contribution in [2.45, 2.75) is 36.2 Å². The van der Waals surface area contributed by atoms with Crippen molar-refractivity contribution < 1.29 is 27.1 Å². The monoisotopic (exact) mass is 407 g/mol. The SMILES string of the molecule is CCC1(C)OCC(c2ccc(S(N)(=O)=O)cc2)(c2ccc(F)c(OC)c2)C1=O. The van der Waals surface area contributed by atoms with Crippen molar-refractivity contribution in [1.29, 1.82) is 0 Å². The number of nitrogens with two attached hydrogens (primary N) is 1. The number of hydrogen-bond acceptors (Lipinski definition) is 5. The number of Topliss-reactive ketones (excluding diaryl/α,β-unsaturated/α-hetero) is 1. The molecule has 2 unspecified atom stereocenters. The van der Waals surface area contributed by atoms with Crippen molar-refractivity contribution in [1.82, 2.24) is 0 Å². The second-order valence-electron chi connectivity index (χ2n) is 7.03. The highest BCUT2D eigenvalue weighted by atomic mass is 32.2. The first-order valence-corrected chi connectivity index (χ1v) is 10.3. The summed E-state index contributed by atoms with van der Waals surface area (Å²) in [7, 11) is -2.52. The van der Waals surface area contributed by atoms with E-state index in [2.05, 4.69) is 0 Å². The summed E-state index contributed by atoms with van der Waals surface area (Å²) in [6, 6.07) is 10.0. The molecule has 1 fully saturated rings. The molecule has 0 radical (unpaired) electrons. The Bertz CT molecular complexity index is 1020. The van der Waals surface area contributed by atoms with Crippen molar-refractivity contribution in [2.24, 2.45) is 5.14 Å². The van der Waals surface area contributed by atoms with Crippen LogP contribution in [-0.2, 0) is 25.0 Å². The van der Waals surface area contributed by atoms with Crippen LogP contribution in [0.3, 0.4) is 0 Å². The third-order valence-electron chi connectivity index (χ3n) is 5.47. The lowest BCUT2D eigenvalue weighted by atomic mass is 9.69. The van der Waals surface area contributed by atoms with E-state index in [1.165, 1.54) is 49.6 Å². The molecule has 28 heavy (non-hydrogen) atoms. The van der Waals surface area contributed by atoms with Crippen LogP contribution in [0.2, 0.25) is 0 Å². The van der Waals surface area contributed by atoms with Gasteiger partial charge in [-0.2, -0.15) is 0 Å². The minimum absolute atomic E-state index is 0.0101. The number of halogens is 1. The number of benzene rings is 2. The van der Waals surface area contributed by atoms with Crippen molar-refractivity contribution in [2.75, 3.05) is 13.7 Å². The second kappa shape index (κ2) is 6.95. The Hall–Kier alpha value is -2.29. The van der Waals surface area contributed by atoms with Gasteiger partial charge in [0.15, 0.2) is 17.3 Å². The number of rotatable bonds is 5. The fourth-order valence-electron chi connectivity index (χ4n) is 3.56. The predicted octanol–water partition coefficient (Wildman–Crippen LogP) is 2.54. The Labute approximate surface area is 163 Å². The molecule has 1 heterocycles. The molecule has 0 saturated carbocycles. The molecular weight excluding hydrogens is 385 g/mol. The lowest BCUT2D eigenvalue weighted by molar-refractivity contribution is -0.131. The molecule has 0 spiro atoms. The van der Waals surface area contributed by atoms with E-state index in [1.54, 1.807) is 6.92 Å². The number of carbonyl (C=O) groups excluding carboxylic acids is 1. The summed E-state index contributed by atoms with van der Waals surface area (Å²) in [5.41, 5.74) is -1.19. The van der Waals surface area contributed by atoms with Gasteiger partial charge in [0.05, 0.1) is 18.6 Å². The van der Waals surface area contributed by atoms with Crippen LogP contribution in [0.5, 0.6) is 5.75 Å². The highest BCUT2D eigenvalue weighted by Crippen LogP contribution is 2.46. The second-order valence-corrected chi connectivity index (χ2v) is 8.59. The molecule has 1 aliphatic rings. The van der Waals surface area contributed by atoms with Crippen molar-refractivity contribution in [3.63, 3.8) is 0 Å². The highest BCUT2D eigenvalue weighted by molar-refractivity contribution is 7.89. The van der Waals surface area contributed by atoms with Crippen LogP contribution in [0.4, 0.5) is 4.39 Å². The van der Waals surface area contributed by atoms with Gasteiger partial charge >= 0.3 is 0 Å². The zero-order chi connectivity index (χ0) is 20.7. The van der Waals surface area contributed by atoms with E-state index in [4.69, 9.17) is 14.6 Å². The van der Waals surface area contributed by atoms with Crippen LogP contribution in [0, 0.1) is 5.82 Å². The van der Waals surface area contributed by atoms with E-state index in [-0.39, 0.29) is 23.0 Å². The molecule has 8 heteroatoms. The first kappa shape index (κ1) is 20.4. The maximum Gasteiger partial charge on any atom is 0.238 e. The molecule has 0 aliphatic carbocycles. The Morgan fingerprint density at radius 2 is 1.79 bits per heavy atom. The van der Waals surface area contributed by atoms with Gasteiger partial charge in [-0.25, -0.2) is 17.9 Å². The highest BCUT2D eigenvalue weighted by Gasteiger charge is 2.56. The third kappa shape index (κ3) is 3.11. The van der Waals surface area contributed by atoms with E-state index < -0.39 is 26.9 Å². The van der Waals surface area contributed by atoms with E-state index >= 15 is 0 Å². The van der Waals surface area contributed by atoms with Gasteiger partial charge in [0.2, 0.25) is 10.0 Å². The molecule has 6 nitrogen and oxygen atoms in total. The summed E-state index contributed by atoms with van der Waals surface area (Å²) >= 11 is 0. The van der Waals surface area contributed by atoms with Crippen molar-refractivity contribution in [3.05, 3.63) is 59.4 Å². The third-order valence-corrected chi connectivity index (χ3v) is 6.40. The minimum Gasteiger partial charge on any atom is -0.494 e. The summed E-state index contributed by atoms with van der Waals surface area (Å²) < 4.78 is 48.1. The largest absolute Gasteiger partial charge is 0.494 e. The number of sulfonamides is 1. The molecule has 1 aliphatic heterocycles. The smallest absolute Gasteiger partial charge is 0.238 e. The van der Waals surface area contributed by atoms with Crippen LogP contribution in [0.25, 0.3) is 0 Å². The van der Waals surface area contributed by atoms with Gasteiger partial charge in [0.25, 0.3) is 0 Å². The Balaban J connectivity index is 2.24. The minimum atomic E-state index is -3.87. The van der Waals surface area contributed by atoms with Gasteiger partial charge < -0.3 is 9.47 Å². The van der Waals surface area contributed by atoms with Crippen LogP contribution in [0.1, 0.15) is 31.4 Å². The zero-order valence-electron chi connectivity index (χ0n) is 15.9. The first-order valence-electron chi connectivity index (χ1n) is 8.75. The van der Waals surface area contributed by atoms with E-state index in [1.807, 2.05) is 6.92 Å². The number of primary sulfonamides is 1. The summed E-state index contributed by atoms with van der Waals surface area (Å²) in [6.45, 7) is 3.61. The zero-order valence-corrected chi connectivity index (χ0v) is 16.7. The van der Waals surface area contributed by atoms with Gasteiger partial charge in [-0.3, -0.25) is 4.79 Å². The molecule has 0 amide bonds. The van der Waals surface area contributed by atoms with E-state index in [0.717, 1.165) is 0 Å². The van der Waals surface area contributed by atoms with Gasteiger partial charge in [0.1, 0.15) is 11.0 Å². The average Bonchev–Trinajstić information content (AvgIpc) is 2.95. The Kier molecular flexibility index (Phi) is 5.07. The van der Waals surface area contributed by atoms with Crippen LogP contribution in [0.15, 0.2) is 47.4 Å². The lowest BCUT2D eigenvalue weighted by Gasteiger charge is -2.29. The first-order chi connectivity index (χ1) is 13.1. The van der Waals surface area contributed by atoms with Gasteiger partial charge in [-0.05, 0) is 48.7 Å². The van der Waals surface area contributed by atoms with Crippen LogP contribution in [-0.4, -0.2) is 33.5 Å². The molecule has 150 valence electrons. The van der Waals surface area contributed by atoms with E-state index in [0.29, 0.717) is 17.5 Å². The lowest BCUT2D eigenvalue weighted by Crippen LogP contribution is -2.43. The van der Waals surface area contributed by atoms with Gasteiger partial charge in [-0.15, -0.1) is 0 Å². The van der Waals surface area contributed by atoms with Gasteiger partial charge in [-0.1, -0.05) is 25.1 Å². The molecule has 0 bridgehead atoms. The molecule has 2 aromatic carbocycles. The number of methoxy groups -OCH3 is 1. The summed E-state index contributed by atoms with van der Waals surface area (Å²) in [5, 5.41) is 5.17. The topological polar surface area (TPSA) is 95.7 Å². The standard InChI is InChI=1S/C20H22FNO5S/c1-4-19(2)18(23)20(12-27-19,14-7-10-16(21)17(11-14)26-3)13-5-8-15(9-6-13)28(22,24)25/h5-11H,4,12H2,1-3H3,(H2,22,24,25). The van der Waals surface area contributed by atoms with Gasteiger partial charge in [0, 0.05) is 0 Å². The molecule has 1 saturated heterocycles. The Morgan fingerprint density at radius 1 is 1.18 bits per heavy atom. The average molecular weight is 407 g/mol. The number of hydrogen-bond donors (Lipinski definition) is 1. The fourth-order valence-corrected chi connectivity index (χ4v) is 4.08. The number of ether oxygens (including phenoxy) is 2. The Morgan fingerprint density at radius 3 is 2.29 bits per heavy atom. The van der Waals surface area contributed by atoms with Crippen LogP contribution < -0.4 is 9.88 Å². The number of carbonyl (C=O) groups is 1. The van der Waals surface area contributed by atoms with Crippen molar-refractivity contribution in [3.8, 4) is 5.75 Å². The summed E-state index contributed by atoms with van der Waals surface area (Å²) in [6.07, 6.45) is 0.459. The van der Waals surface area contributed by atoms with Crippen molar-refractivity contribution >= 4 is 15.8 Å². The normalized spacial score (nSPS) is 25.1. The quantitative estimate of drug-likeness (QED) is 0.822. The molecule has 2 N–H and O–H groups in total. The molecule has 0 aromatic heterocycles. The predicted molar refractivity (Wildman–Crippen MR) is 101 cm³/mol. The molecular formula is C20H22FNO5S. The maximum absolute atomic E-state index is 14.0. The maximum atomic E-state index is 14.0. The number of ketones is 1.